The molecule has 0 bridgehead atoms. The molecular weight excluding hydrogens is 304 g/mol. The number of aromatic nitrogens is 3. The maximum absolute atomic E-state index is 14.1. The summed E-state index contributed by atoms with van der Waals surface area (Å²) in [6.07, 6.45) is 3.71. The van der Waals surface area contributed by atoms with Gasteiger partial charge in [0.15, 0.2) is 5.82 Å². The molecule has 2 heterocycles. The molecule has 6 nitrogen and oxygen atoms in total. The zero-order chi connectivity index (χ0) is 16.6. The predicted octanol–water partition coefficient (Wildman–Crippen LogP) is 2.77. The number of halogens is 2. The Morgan fingerprint density at radius 3 is 2.78 bits per heavy atom. The van der Waals surface area contributed by atoms with Crippen LogP contribution in [0.1, 0.15) is 0 Å². The average molecular weight is 317 g/mol. The van der Waals surface area contributed by atoms with Crippen LogP contribution in [0.2, 0.25) is 0 Å². The molecule has 0 radical (unpaired) electrons. The van der Waals surface area contributed by atoms with Crippen molar-refractivity contribution in [3.05, 3.63) is 48.4 Å². The van der Waals surface area contributed by atoms with E-state index in [0.717, 1.165) is 6.20 Å². The number of rotatable bonds is 2. The van der Waals surface area contributed by atoms with Gasteiger partial charge in [-0.25, -0.2) is 23.5 Å². The Bertz CT molecular complexity index is 891. The van der Waals surface area contributed by atoms with Crippen LogP contribution < -0.4 is 5.32 Å². The Labute approximate surface area is 130 Å². The number of anilines is 1. The maximum Gasteiger partial charge on any atom is 0.321 e. The highest BCUT2D eigenvalue weighted by molar-refractivity contribution is 5.89. The molecule has 2 amide bonds. The lowest BCUT2D eigenvalue weighted by atomic mass is 10.1. The van der Waals surface area contributed by atoms with E-state index in [1.54, 1.807) is 14.1 Å². The Balaban J connectivity index is 2.01. The van der Waals surface area contributed by atoms with Crippen LogP contribution in [-0.4, -0.2) is 39.4 Å². The van der Waals surface area contributed by atoms with Gasteiger partial charge < -0.3 is 10.2 Å². The van der Waals surface area contributed by atoms with Gasteiger partial charge in [0.1, 0.15) is 5.82 Å². The monoisotopic (exact) mass is 317 g/mol. The van der Waals surface area contributed by atoms with Crippen LogP contribution >= 0.6 is 0 Å². The van der Waals surface area contributed by atoms with Gasteiger partial charge in [0.25, 0.3) is 0 Å². The van der Waals surface area contributed by atoms with E-state index < -0.39 is 11.6 Å². The molecule has 0 fully saturated rings. The van der Waals surface area contributed by atoms with Crippen molar-refractivity contribution in [2.24, 2.45) is 0 Å². The molecule has 2 aromatic heterocycles. The van der Waals surface area contributed by atoms with Crippen LogP contribution in [0.5, 0.6) is 0 Å². The molecule has 3 aromatic rings. The summed E-state index contributed by atoms with van der Waals surface area (Å²) in [5.41, 5.74) is 0.908. The fourth-order valence-electron chi connectivity index (χ4n) is 2.02. The van der Waals surface area contributed by atoms with E-state index in [2.05, 4.69) is 15.3 Å². The first-order valence-electron chi connectivity index (χ1n) is 6.72. The van der Waals surface area contributed by atoms with Crippen molar-refractivity contribution >= 4 is 17.5 Å². The lowest BCUT2D eigenvalue weighted by Gasteiger charge is -2.12. The number of benzene rings is 1. The maximum atomic E-state index is 14.1. The summed E-state index contributed by atoms with van der Waals surface area (Å²) in [6.45, 7) is 0. The van der Waals surface area contributed by atoms with Gasteiger partial charge in [0.05, 0.1) is 11.9 Å². The van der Waals surface area contributed by atoms with Gasteiger partial charge in [-0.05, 0) is 18.2 Å². The molecule has 0 atom stereocenters. The van der Waals surface area contributed by atoms with E-state index in [1.165, 1.54) is 39.9 Å². The fraction of sp³-hybridized carbons (Fsp3) is 0.133. The number of nitrogens with zero attached hydrogens (tertiary/aromatic N) is 4. The average Bonchev–Trinajstić information content (AvgIpc) is 2.91. The van der Waals surface area contributed by atoms with E-state index in [-0.39, 0.29) is 17.4 Å². The van der Waals surface area contributed by atoms with E-state index in [4.69, 9.17) is 0 Å². The minimum absolute atomic E-state index is 0.187. The van der Waals surface area contributed by atoms with Crippen LogP contribution in [0.15, 0.2) is 36.8 Å². The summed E-state index contributed by atoms with van der Waals surface area (Å²) < 4.78 is 28.6. The Kier molecular flexibility index (Phi) is 3.65. The molecule has 1 aromatic carbocycles. The first kappa shape index (κ1) is 14.9. The van der Waals surface area contributed by atoms with Crippen molar-refractivity contribution < 1.29 is 13.6 Å². The summed E-state index contributed by atoms with van der Waals surface area (Å²) in [4.78, 5) is 21.0. The molecule has 23 heavy (non-hydrogen) atoms. The van der Waals surface area contributed by atoms with E-state index >= 15 is 0 Å². The van der Waals surface area contributed by atoms with Crippen LogP contribution in [0, 0.1) is 11.6 Å². The third-order valence-electron chi connectivity index (χ3n) is 3.18. The summed E-state index contributed by atoms with van der Waals surface area (Å²) >= 11 is 0. The van der Waals surface area contributed by atoms with Crippen molar-refractivity contribution in [3.63, 3.8) is 0 Å². The molecule has 0 spiro atoms. The van der Waals surface area contributed by atoms with Gasteiger partial charge in [0.2, 0.25) is 5.78 Å². The molecule has 0 saturated carbocycles. The van der Waals surface area contributed by atoms with Crippen molar-refractivity contribution in [1.29, 1.82) is 0 Å². The van der Waals surface area contributed by atoms with Crippen molar-refractivity contribution in [3.8, 4) is 11.3 Å². The quantitative estimate of drug-likeness (QED) is 0.790. The number of fused-ring (bicyclic) bond motifs is 1. The van der Waals surface area contributed by atoms with Crippen LogP contribution in [0.4, 0.5) is 19.3 Å². The smallest absolute Gasteiger partial charge is 0.321 e. The standard InChI is InChI=1S/C15H13F2N5O/c1-21(2)15(23)19-10-3-4-12(17)11(5-10)13-8-22-7-9(16)6-18-14(22)20-13/h3-8H,1-2H3,(H,19,23). The predicted molar refractivity (Wildman–Crippen MR) is 81.0 cm³/mol. The highest BCUT2D eigenvalue weighted by Gasteiger charge is 2.13. The third kappa shape index (κ3) is 2.96. The minimum atomic E-state index is -0.520. The number of amides is 2. The topological polar surface area (TPSA) is 62.5 Å². The normalized spacial score (nSPS) is 10.8. The molecule has 1 N–H and O–H groups in total. The first-order valence-corrected chi connectivity index (χ1v) is 6.72. The number of imidazole rings is 1. The summed E-state index contributed by atoms with van der Waals surface area (Å²) in [5.74, 6) is -0.769. The number of hydrogen-bond acceptors (Lipinski definition) is 3. The summed E-state index contributed by atoms with van der Waals surface area (Å²) in [7, 11) is 3.20. The minimum Gasteiger partial charge on any atom is -0.331 e. The first-order chi connectivity index (χ1) is 10.9. The zero-order valence-electron chi connectivity index (χ0n) is 12.4. The molecular formula is C15H13F2N5O. The van der Waals surface area contributed by atoms with E-state index in [0.29, 0.717) is 11.4 Å². The zero-order valence-corrected chi connectivity index (χ0v) is 12.4. The van der Waals surface area contributed by atoms with Gasteiger partial charge >= 0.3 is 6.03 Å². The fourth-order valence-corrected chi connectivity index (χ4v) is 2.02. The SMILES string of the molecule is CN(C)C(=O)Nc1ccc(F)c(-c2cn3cc(F)cnc3n2)c1. The van der Waals surface area contributed by atoms with Gasteiger partial charge in [0, 0.05) is 37.7 Å². The van der Waals surface area contributed by atoms with Gasteiger partial charge in [-0.15, -0.1) is 0 Å². The Morgan fingerprint density at radius 2 is 2.04 bits per heavy atom. The number of nitrogens with one attached hydrogen (secondary N) is 1. The van der Waals surface area contributed by atoms with E-state index in [1.807, 2.05) is 0 Å². The molecule has 118 valence electrons. The molecule has 0 aliphatic rings. The molecule has 0 unspecified atom stereocenters. The van der Waals surface area contributed by atoms with Crippen LogP contribution in [-0.2, 0) is 0 Å². The lowest BCUT2D eigenvalue weighted by molar-refractivity contribution is 0.230. The molecule has 8 heteroatoms. The second-order valence-corrected chi connectivity index (χ2v) is 5.12. The number of carbonyl (C=O) groups is 1. The molecule has 3 rings (SSSR count). The number of carbonyl (C=O) groups excluding carboxylic acids is 1. The second-order valence-electron chi connectivity index (χ2n) is 5.12. The van der Waals surface area contributed by atoms with Crippen molar-refractivity contribution in [2.75, 3.05) is 19.4 Å². The second kappa shape index (κ2) is 5.64. The van der Waals surface area contributed by atoms with E-state index in [9.17, 15) is 13.6 Å². The van der Waals surface area contributed by atoms with Crippen LogP contribution in [0.25, 0.3) is 17.0 Å². The van der Waals surface area contributed by atoms with Gasteiger partial charge in [-0.1, -0.05) is 0 Å². The van der Waals surface area contributed by atoms with Gasteiger partial charge in [-0.2, -0.15) is 0 Å². The lowest BCUT2D eigenvalue weighted by Crippen LogP contribution is -2.27. The summed E-state index contributed by atoms with van der Waals surface area (Å²) in [6, 6.07) is 3.82. The van der Waals surface area contributed by atoms with Gasteiger partial charge in [-0.3, -0.25) is 4.40 Å². The molecule has 0 saturated heterocycles. The molecule has 0 aliphatic carbocycles. The summed E-state index contributed by atoms with van der Waals surface area (Å²) in [5, 5.41) is 2.63. The van der Waals surface area contributed by atoms with Crippen molar-refractivity contribution in [2.45, 2.75) is 0 Å². The van der Waals surface area contributed by atoms with Crippen molar-refractivity contribution in [1.82, 2.24) is 19.3 Å². The highest BCUT2D eigenvalue weighted by Crippen LogP contribution is 2.25. The largest absolute Gasteiger partial charge is 0.331 e. The molecule has 0 aliphatic heterocycles. The third-order valence-corrected chi connectivity index (χ3v) is 3.18. The number of urea groups is 1. The number of hydrogen-bond donors (Lipinski definition) is 1. The Hall–Kier alpha value is -3.03. The van der Waals surface area contributed by atoms with Crippen LogP contribution in [0.3, 0.4) is 0 Å². The highest BCUT2D eigenvalue weighted by atomic mass is 19.1. The Morgan fingerprint density at radius 1 is 1.26 bits per heavy atom.